The van der Waals surface area contributed by atoms with E-state index in [1.54, 1.807) is 46.5 Å². The van der Waals surface area contributed by atoms with Gasteiger partial charge in [-0.15, -0.1) is 0 Å². The molecule has 0 saturated heterocycles. The molecule has 1 saturated carbocycles. The van der Waals surface area contributed by atoms with Gasteiger partial charge in [0.25, 0.3) is 5.91 Å². The van der Waals surface area contributed by atoms with Gasteiger partial charge in [-0.2, -0.15) is 0 Å². The molecule has 2 heterocycles. The molecule has 4 rings (SSSR count). The second kappa shape index (κ2) is 9.12. The average Bonchev–Trinajstić information content (AvgIpc) is 3.54. The van der Waals surface area contributed by atoms with Crippen LogP contribution in [0.3, 0.4) is 0 Å². The third-order valence-electron chi connectivity index (χ3n) is 5.26. The maximum Gasteiger partial charge on any atom is 0.254 e. The topological polar surface area (TPSA) is 66.7 Å². The maximum atomic E-state index is 13.3. The van der Waals surface area contributed by atoms with Crippen LogP contribution in [-0.2, 0) is 17.9 Å². The number of benzene rings is 1. The Morgan fingerprint density at radius 1 is 1.03 bits per heavy atom. The molecule has 7 heteroatoms. The van der Waals surface area contributed by atoms with Gasteiger partial charge in [0.2, 0.25) is 5.91 Å². The van der Waals surface area contributed by atoms with E-state index in [4.69, 9.17) is 4.42 Å². The van der Waals surface area contributed by atoms with Crippen LogP contribution in [0.4, 0.5) is 4.39 Å². The van der Waals surface area contributed by atoms with Crippen LogP contribution in [0.5, 0.6) is 0 Å². The summed E-state index contributed by atoms with van der Waals surface area (Å²) in [5.41, 5.74) is 1.32. The Morgan fingerprint density at radius 3 is 2.35 bits per heavy atom. The minimum absolute atomic E-state index is 0.0211. The van der Waals surface area contributed by atoms with Gasteiger partial charge in [0.1, 0.15) is 23.9 Å². The van der Waals surface area contributed by atoms with E-state index in [0.717, 1.165) is 24.2 Å². The van der Waals surface area contributed by atoms with Crippen molar-refractivity contribution >= 4 is 11.8 Å². The molecular formula is C24H24FN3O3. The molecule has 0 unspecified atom stereocenters. The number of nitrogens with zero attached hydrogens (tertiary/aromatic N) is 3. The van der Waals surface area contributed by atoms with E-state index in [1.807, 2.05) is 19.1 Å². The van der Waals surface area contributed by atoms with Crippen LogP contribution < -0.4 is 0 Å². The number of furan rings is 1. The lowest BCUT2D eigenvalue weighted by Crippen LogP contribution is -2.43. The molecule has 2 amide bonds. The largest absolute Gasteiger partial charge is 0.464 e. The lowest BCUT2D eigenvalue weighted by molar-refractivity contribution is -0.133. The molecule has 0 radical (unpaired) electrons. The standard InChI is InChI=1S/C24H24FN3O3/c1-17-2-9-22(31-17)15-27(14-18-3-5-20(25)6-4-18)23(29)16-28(21-7-8-21)24(30)19-10-12-26-13-11-19/h2-6,9-13,21H,7-8,14-16H2,1H3. The molecule has 0 bridgehead atoms. The SMILES string of the molecule is Cc1ccc(CN(Cc2ccc(F)cc2)C(=O)CN(C(=O)c2ccncc2)C2CC2)o1. The number of carbonyl (C=O) groups excluding carboxylic acids is 2. The Kier molecular flexibility index (Phi) is 6.11. The van der Waals surface area contributed by atoms with E-state index in [1.165, 1.54) is 12.1 Å². The number of hydrogen-bond acceptors (Lipinski definition) is 4. The second-order valence-corrected chi connectivity index (χ2v) is 7.79. The molecule has 0 N–H and O–H groups in total. The van der Waals surface area contributed by atoms with Gasteiger partial charge in [-0.25, -0.2) is 4.39 Å². The fourth-order valence-electron chi connectivity index (χ4n) is 3.46. The Bertz CT molecular complexity index is 1050. The van der Waals surface area contributed by atoms with Crippen molar-refractivity contribution in [2.75, 3.05) is 6.54 Å². The van der Waals surface area contributed by atoms with E-state index in [2.05, 4.69) is 4.98 Å². The summed E-state index contributed by atoms with van der Waals surface area (Å²) in [5.74, 6) is 0.732. The lowest BCUT2D eigenvalue weighted by Gasteiger charge is -2.27. The first-order chi connectivity index (χ1) is 15.0. The minimum Gasteiger partial charge on any atom is -0.464 e. The van der Waals surface area contributed by atoms with Gasteiger partial charge >= 0.3 is 0 Å². The molecule has 0 aliphatic heterocycles. The summed E-state index contributed by atoms with van der Waals surface area (Å²) in [6, 6.07) is 13.1. The molecule has 0 spiro atoms. The Morgan fingerprint density at radius 2 is 1.74 bits per heavy atom. The van der Waals surface area contributed by atoms with Crippen molar-refractivity contribution < 1.29 is 18.4 Å². The smallest absolute Gasteiger partial charge is 0.254 e. The normalized spacial score (nSPS) is 13.1. The monoisotopic (exact) mass is 421 g/mol. The van der Waals surface area contributed by atoms with Crippen LogP contribution in [0, 0.1) is 12.7 Å². The first-order valence-electron chi connectivity index (χ1n) is 10.3. The third kappa shape index (κ3) is 5.36. The summed E-state index contributed by atoms with van der Waals surface area (Å²) in [5, 5.41) is 0. The number of hydrogen-bond donors (Lipinski definition) is 0. The number of aromatic nitrogens is 1. The lowest BCUT2D eigenvalue weighted by atomic mass is 10.2. The van der Waals surface area contributed by atoms with Crippen molar-refractivity contribution in [3.05, 3.63) is 89.4 Å². The van der Waals surface area contributed by atoms with Crippen molar-refractivity contribution in [2.24, 2.45) is 0 Å². The summed E-state index contributed by atoms with van der Waals surface area (Å²) < 4.78 is 19.0. The molecule has 31 heavy (non-hydrogen) atoms. The maximum absolute atomic E-state index is 13.3. The molecule has 1 fully saturated rings. The fourth-order valence-corrected chi connectivity index (χ4v) is 3.46. The third-order valence-corrected chi connectivity index (χ3v) is 5.26. The number of aryl methyl sites for hydroxylation is 1. The van der Waals surface area contributed by atoms with Crippen LogP contribution in [0.2, 0.25) is 0 Å². The van der Waals surface area contributed by atoms with E-state index >= 15 is 0 Å². The second-order valence-electron chi connectivity index (χ2n) is 7.79. The van der Waals surface area contributed by atoms with Gasteiger partial charge in [-0.1, -0.05) is 12.1 Å². The molecule has 6 nitrogen and oxygen atoms in total. The highest BCUT2D eigenvalue weighted by molar-refractivity contribution is 5.96. The zero-order valence-corrected chi connectivity index (χ0v) is 17.3. The Hall–Kier alpha value is -3.48. The number of halogens is 1. The van der Waals surface area contributed by atoms with E-state index in [0.29, 0.717) is 17.9 Å². The highest BCUT2D eigenvalue weighted by atomic mass is 19.1. The van der Waals surface area contributed by atoms with Gasteiger partial charge in [-0.3, -0.25) is 14.6 Å². The summed E-state index contributed by atoms with van der Waals surface area (Å²) in [6.07, 6.45) is 4.92. The molecule has 0 atom stereocenters. The van der Waals surface area contributed by atoms with Gasteiger partial charge in [0.15, 0.2) is 0 Å². The molecule has 2 aromatic heterocycles. The average molecular weight is 421 g/mol. The minimum atomic E-state index is -0.328. The molecule has 160 valence electrons. The van der Waals surface area contributed by atoms with Crippen LogP contribution in [0.1, 0.15) is 40.3 Å². The summed E-state index contributed by atoms with van der Waals surface area (Å²) in [6.45, 7) is 2.39. The van der Waals surface area contributed by atoms with Crippen molar-refractivity contribution in [3.63, 3.8) is 0 Å². The first kappa shape index (κ1) is 20.8. The van der Waals surface area contributed by atoms with Crippen molar-refractivity contribution in [2.45, 2.75) is 38.9 Å². The van der Waals surface area contributed by atoms with E-state index in [9.17, 15) is 14.0 Å². The number of carbonyl (C=O) groups is 2. The van der Waals surface area contributed by atoms with Crippen LogP contribution in [0.25, 0.3) is 0 Å². The fraction of sp³-hybridized carbons (Fsp3) is 0.292. The van der Waals surface area contributed by atoms with E-state index in [-0.39, 0.29) is 36.8 Å². The number of pyridine rings is 1. The van der Waals surface area contributed by atoms with Crippen LogP contribution >= 0.6 is 0 Å². The number of amides is 2. The quantitative estimate of drug-likeness (QED) is 0.552. The highest BCUT2D eigenvalue weighted by Gasteiger charge is 2.35. The number of rotatable bonds is 8. The van der Waals surface area contributed by atoms with E-state index < -0.39 is 0 Å². The summed E-state index contributed by atoms with van der Waals surface area (Å²) in [7, 11) is 0. The van der Waals surface area contributed by atoms with Gasteiger partial charge < -0.3 is 14.2 Å². The highest BCUT2D eigenvalue weighted by Crippen LogP contribution is 2.28. The molecule has 3 aromatic rings. The molecule has 1 aliphatic carbocycles. The Balaban J connectivity index is 1.53. The van der Waals surface area contributed by atoms with Crippen LogP contribution in [0.15, 0.2) is 65.3 Å². The van der Waals surface area contributed by atoms with Crippen LogP contribution in [-0.4, -0.2) is 39.2 Å². The summed E-state index contributed by atoms with van der Waals surface area (Å²) >= 11 is 0. The zero-order chi connectivity index (χ0) is 21.8. The first-order valence-corrected chi connectivity index (χ1v) is 10.3. The molecule has 1 aromatic carbocycles. The van der Waals surface area contributed by atoms with Gasteiger partial charge in [0, 0.05) is 30.5 Å². The van der Waals surface area contributed by atoms with Gasteiger partial charge in [0.05, 0.1) is 6.54 Å². The van der Waals surface area contributed by atoms with Crippen molar-refractivity contribution in [3.8, 4) is 0 Å². The molecular weight excluding hydrogens is 397 g/mol. The van der Waals surface area contributed by atoms with Gasteiger partial charge in [-0.05, 0) is 61.7 Å². The van der Waals surface area contributed by atoms with Crippen molar-refractivity contribution in [1.82, 2.24) is 14.8 Å². The summed E-state index contributed by atoms with van der Waals surface area (Å²) in [4.78, 5) is 33.6. The van der Waals surface area contributed by atoms with Crippen molar-refractivity contribution in [1.29, 1.82) is 0 Å². The zero-order valence-electron chi connectivity index (χ0n) is 17.3. The Labute approximate surface area is 180 Å². The predicted molar refractivity (Wildman–Crippen MR) is 112 cm³/mol. The molecule has 1 aliphatic rings. The predicted octanol–water partition coefficient (Wildman–Crippen LogP) is 3.96.